The Morgan fingerprint density at radius 1 is 0.489 bits per heavy atom. The van der Waals surface area contributed by atoms with Crippen molar-refractivity contribution in [2.45, 2.75) is 99.1 Å². The molecule has 0 saturated carbocycles. The van der Waals surface area contributed by atoms with Crippen molar-refractivity contribution in [2.24, 2.45) is 0 Å². The number of benzene rings is 4. The third kappa shape index (κ3) is 11.0. The minimum Gasteiger partial charge on any atom is -0.507 e. The zero-order chi connectivity index (χ0) is 33.6. The molecule has 4 rings (SSSR count). The van der Waals surface area contributed by atoms with Crippen LogP contribution in [0.4, 0.5) is 0 Å². The van der Waals surface area contributed by atoms with E-state index in [4.69, 9.17) is 0 Å². The summed E-state index contributed by atoms with van der Waals surface area (Å²) in [6, 6.07) is 25.2. The van der Waals surface area contributed by atoms with Crippen LogP contribution in [0.2, 0.25) is 0 Å². The normalized spacial score (nSPS) is 11.8. The molecule has 0 amide bonds. The van der Waals surface area contributed by atoms with Crippen LogP contribution >= 0.6 is 0 Å². The number of phenolic OH excluding ortho intramolecular Hbond substituents is 2. The highest BCUT2D eigenvalue weighted by Crippen LogP contribution is 2.30. The number of hydrogen-bond donors (Lipinski definition) is 2. The lowest BCUT2D eigenvalue weighted by Crippen LogP contribution is -2.24. The molecule has 0 aliphatic rings. The Bertz CT molecular complexity index is 1530. The highest BCUT2D eigenvalue weighted by atomic mass is 16.3. The van der Waals surface area contributed by atoms with Gasteiger partial charge in [0.05, 0.1) is 0 Å². The van der Waals surface area contributed by atoms with Crippen molar-refractivity contribution in [1.82, 2.24) is 4.90 Å². The molecule has 0 atom stereocenters. The van der Waals surface area contributed by atoms with Crippen LogP contribution in [0.1, 0.15) is 114 Å². The molecular formula is C44H55NO2. The van der Waals surface area contributed by atoms with Gasteiger partial charge in [0.1, 0.15) is 11.5 Å². The summed E-state index contributed by atoms with van der Waals surface area (Å²) in [5.41, 5.74) is 10.6. The van der Waals surface area contributed by atoms with E-state index >= 15 is 0 Å². The minimum absolute atomic E-state index is 0.340. The van der Waals surface area contributed by atoms with Gasteiger partial charge in [-0.15, -0.1) is 0 Å². The van der Waals surface area contributed by atoms with E-state index < -0.39 is 0 Å². The second kappa shape index (κ2) is 18.3. The number of aromatic hydroxyl groups is 2. The Kier molecular flexibility index (Phi) is 13.9. The molecule has 2 N–H and O–H groups in total. The summed E-state index contributed by atoms with van der Waals surface area (Å²) in [4.78, 5) is 2.53. The summed E-state index contributed by atoms with van der Waals surface area (Å²) >= 11 is 0. The molecule has 3 heteroatoms. The molecule has 47 heavy (non-hydrogen) atoms. The van der Waals surface area contributed by atoms with Crippen molar-refractivity contribution in [3.63, 3.8) is 0 Å². The van der Waals surface area contributed by atoms with Gasteiger partial charge in [0.2, 0.25) is 0 Å². The van der Waals surface area contributed by atoms with Gasteiger partial charge in [-0.25, -0.2) is 0 Å². The van der Waals surface area contributed by atoms with Crippen molar-refractivity contribution in [3.8, 4) is 11.5 Å². The molecule has 4 aromatic carbocycles. The smallest absolute Gasteiger partial charge is 0.125 e. The number of nitrogens with zero attached hydrogens (tertiary/aromatic N) is 1. The van der Waals surface area contributed by atoms with Crippen molar-refractivity contribution in [2.75, 3.05) is 6.54 Å². The second-order valence-electron chi connectivity index (χ2n) is 13.3. The molecule has 0 unspecified atom stereocenters. The van der Waals surface area contributed by atoms with Gasteiger partial charge in [0, 0.05) is 24.2 Å². The molecule has 4 aromatic rings. The van der Waals surface area contributed by atoms with E-state index in [1.807, 2.05) is 38.1 Å². The quantitative estimate of drug-likeness (QED) is 0.0902. The summed E-state index contributed by atoms with van der Waals surface area (Å²) in [6.07, 6.45) is 18.6. The minimum atomic E-state index is 0.340. The van der Waals surface area contributed by atoms with E-state index in [1.165, 1.54) is 67.2 Å². The molecule has 0 aliphatic carbocycles. The van der Waals surface area contributed by atoms with E-state index in [0.29, 0.717) is 11.5 Å². The van der Waals surface area contributed by atoms with E-state index in [0.717, 1.165) is 59.4 Å². The Balaban J connectivity index is 1.55. The molecule has 0 saturated heterocycles. The molecule has 0 bridgehead atoms. The van der Waals surface area contributed by atoms with E-state index in [-0.39, 0.29) is 0 Å². The van der Waals surface area contributed by atoms with Crippen LogP contribution in [0.15, 0.2) is 72.8 Å². The van der Waals surface area contributed by atoms with E-state index in [1.54, 1.807) is 0 Å². The number of aryl methyl sites for hydroxylation is 4. The van der Waals surface area contributed by atoms with Crippen LogP contribution in [-0.2, 0) is 13.1 Å². The number of unbranched alkanes of at least 4 members (excludes halogenated alkanes) is 7. The molecule has 0 radical (unpaired) electrons. The summed E-state index contributed by atoms with van der Waals surface area (Å²) < 4.78 is 0. The molecule has 248 valence electrons. The zero-order valence-corrected chi connectivity index (χ0v) is 29.4. The topological polar surface area (TPSA) is 43.7 Å². The third-order valence-corrected chi connectivity index (χ3v) is 9.18. The molecule has 0 aliphatic heterocycles. The number of rotatable bonds is 17. The number of phenols is 2. The lowest BCUT2D eigenvalue weighted by molar-refractivity contribution is 0.249. The van der Waals surface area contributed by atoms with Crippen molar-refractivity contribution in [3.05, 3.63) is 128 Å². The Morgan fingerprint density at radius 3 is 1.34 bits per heavy atom. The van der Waals surface area contributed by atoms with Gasteiger partial charge >= 0.3 is 0 Å². The summed E-state index contributed by atoms with van der Waals surface area (Å²) in [5, 5.41) is 21.9. The Morgan fingerprint density at radius 2 is 0.894 bits per heavy atom. The first-order valence-corrected chi connectivity index (χ1v) is 17.6. The maximum Gasteiger partial charge on any atom is 0.125 e. The standard InChI is InChI=1S/C44H55NO2/c1-6-7-8-9-10-11-12-17-26-45(31-37-27-35(4)43(46)41(29-37)24-22-39-20-15-13-18-33(39)2)32-38-28-36(5)44(47)42(30-38)25-23-40-21-16-14-19-34(40)3/h13-16,18-25,27-30,46-47H,6-12,17,26,31-32H2,1-5H3/b24-22+,25-23+. The molecular weight excluding hydrogens is 574 g/mol. The van der Waals surface area contributed by atoms with E-state index in [2.05, 4.69) is 98.5 Å². The predicted molar refractivity (Wildman–Crippen MR) is 203 cm³/mol. The molecule has 0 aromatic heterocycles. The fraction of sp³-hybridized carbons (Fsp3) is 0.364. The SMILES string of the molecule is CCCCCCCCCCN(Cc1cc(C)c(O)c(/C=C/c2ccccc2C)c1)Cc1cc(C)c(O)c(/C=C/c2ccccc2C)c1. The Hall–Kier alpha value is -4.08. The van der Waals surface area contributed by atoms with Crippen molar-refractivity contribution >= 4 is 24.3 Å². The molecule has 0 spiro atoms. The lowest BCUT2D eigenvalue weighted by Gasteiger charge is -2.24. The number of hydrogen-bond acceptors (Lipinski definition) is 3. The maximum absolute atomic E-state index is 11.0. The highest BCUT2D eigenvalue weighted by Gasteiger charge is 2.13. The first kappa shape index (κ1) is 35.8. The van der Waals surface area contributed by atoms with Crippen molar-refractivity contribution in [1.29, 1.82) is 0 Å². The van der Waals surface area contributed by atoms with Crippen LogP contribution in [0.5, 0.6) is 11.5 Å². The average Bonchev–Trinajstić information content (AvgIpc) is 3.05. The molecule has 0 fully saturated rings. The van der Waals surface area contributed by atoms with Crippen LogP contribution in [-0.4, -0.2) is 21.7 Å². The van der Waals surface area contributed by atoms with Gasteiger partial charge < -0.3 is 10.2 Å². The third-order valence-electron chi connectivity index (χ3n) is 9.18. The first-order chi connectivity index (χ1) is 22.7. The van der Waals surface area contributed by atoms with Crippen LogP contribution in [0.3, 0.4) is 0 Å². The van der Waals surface area contributed by atoms with Gasteiger partial charge in [0.15, 0.2) is 0 Å². The fourth-order valence-electron chi connectivity index (χ4n) is 6.31. The van der Waals surface area contributed by atoms with Crippen LogP contribution in [0, 0.1) is 27.7 Å². The summed E-state index contributed by atoms with van der Waals surface area (Å²) in [7, 11) is 0. The van der Waals surface area contributed by atoms with Crippen LogP contribution in [0.25, 0.3) is 24.3 Å². The Labute approximate surface area is 284 Å². The van der Waals surface area contributed by atoms with Gasteiger partial charge in [0.25, 0.3) is 0 Å². The highest BCUT2D eigenvalue weighted by molar-refractivity contribution is 5.75. The average molecular weight is 630 g/mol. The lowest BCUT2D eigenvalue weighted by atomic mass is 10.0. The maximum atomic E-state index is 11.0. The summed E-state index contributed by atoms with van der Waals surface area (Å²) in [5.74, 6) is 0.680. The van der Waals surface area contributed by atoms with Crippen LogP contribution < -0.4 is 0 Å². The second-order valence-corrected chi connectivity index (χ2v) is 13.3. The predicted octanol–water partition coefficient (Wildman–Crippen LogP) is 11.8. The monoisotopic (exact) mass is 629 g/mol. The van der Waals surface area contributed by atoms with Gasteiger partial charge in [-0.05, 0) is 97.3 Å². The fourth-order valence-corrected chi connectivity index (χ4v) is 6.31. The van der Waals surface area contributed by atoms with Gasteiger partial charge in [-0.1, -0.05) is 137 Å². The van der Waals surface area contributed by atoms with Gasteiger partial charge in [-0.3, -0.25) is 4.90 Å². The van der Waals surface area contributed by atoms with E-state index in [9.17, 15) is 10.2 Å². The largest absolute Gasteiger partial charge is 0.507 e. The van der Waals surface area contributed by atoms with Gasteiger partial charge in [-0.2, -0.15) is 0 Å². The van der Waals surface area contributed by atoms with Crippen molar-refractivity contribution < 1.29 is 10.2 Å². The molecule has 0 heterocycles. The first-order valence-electron chi connectivity index (χ1n) is 17.6. The molecule has 3 nitrogen and oxygen atoms in total. The summed E-state index contributed by atoms with van der Waals surface area (Å²) in [6.45, 7) is 13.0. The zero-order valence-electron chi connectivity index (χ0n) is 29.4.